The number of rotatable bonds is 4. The Morgan fingerprint density at radius 2 is 2.11 bits per heavy atom. The van der Waals surface area contributed by atoms with E-state index >= 15 is 0 Å². The first-order valence-electron chi connectivity index (χ1n) is 9.42. The van der Waals surface area contributed by atoms with E-state index in [0.29, 0.717) is 50.6 Å². The van der Waals surface area contributed by atoms with Gasteiger partial charge in [-0.1, -0.05) is 30.3 Å². The topological polar surface area (TPSA) is 60.0 Å². The maximum absolute atomic E-state index is 13.8. The van der Waals surface area contributed by atoms with Gasteiger partial charge < -0.3 is 24.4 Å². The Morgan fingerprint density at radius 1 is 1.25 bits per heavy atom. The molecular weight excluding hydrogens is 363 g/mol. The highest BCUT2D eigenvalue weighted by Crippen LogP contribution is 2.29. The van der Waals surface area contributed by atoms with Crippen LogP contribution in [0.3, 0.4) is 0 Å². The van der Waals surface area contributed by atoms with E-state index < -0.39 is 0 Å². The van der Waals surface area contributed by atoms with Crippen molar-refractivity contribution in [2.24, 2.45) is 0 Å². The average molecular weight is 386 g/mol. The highest BCUT2D eigenvalue weighted by Gasteiger charge is 2.25. The molecule has 0 saturated carbocycles. The fraction of sp³-hybridized carbons (Fsp3) is 0.381. The predicted molar refractivity (Wildman–Crippen MR) is 100 cm³/mol. The number of carbonyl (C=O) groups is 1. The number of benzene rings is 2. The van der Waals surface area contributed by atoms with Crippen LogP contribution < -0.4 is 10.1 Å². The quantitative estimate of drug-likeness (QED) is 0.878. The van der Waals surface area contributed by atoms with Crippen LogP contribution in [0.15, 0.2) is 42.5 Å². The molecule has 6 nitrogen and oxygen atoms in total. The van der Waals surface area contributed by atoms with Crippen LogP contribution in [0.25, 0.3) is 0 Å². The second-order valence-corrected chi connectivity index (χ2v) is 6.86. The summed E-state index contributed by atoms with van der Waals surface area (Å²) in [6.07, 6.45) is 0.363. The molecule has 2 aliphatic rings. The van der Waals surface area contributed by atoms with Crippen LogP contribution in [-0.2, 0) is 22.5 Å². The zero-order valence-electron chi connectivity index (χ0n) is 15.5. The van der Waals surface area contributed by atoms with Crippen LogP contribution in [0.2, 0.25) is 0 Å². The molecule has 7 heteroatoms. The molecule has 0 radical (unpaired) electrons. The van der Waals surface area contributed by atoms with Gasteiger partial charge in [-0.25, -0.2) is 9.18 Å². The zero-order chi connectivity index (χ0) is 19.3. The number of hydrogen-bond acceptors (Lipinski definition) is 4. The van der Waals surface area contributed by atoms with E-state index in [9.17, 15) is 9.18 Å². The van der Waals surface area contributed by atoms with E-state index in [1.54, 1.807) is 4.90 Å². The first kappa shape index (κ1) is 18.7. The minimum atomic E-state index is -0.326. The number of carbonyl (C=O) groups excluding carboxylic acids is 1. The van der Waals surface area contributed by atoms with Crippen LogP contribution in [0.5, 0.6) is 5.75 Å². The van der Waals surface area contributed by atoms with Gasteiger partial charge in [0.2, 0.25) is 0 Å². The fourth-order valence-electron chi connectivity index (χ4n) is 3.56. The Labute approximate surface area is 163 Å². The van der Waals surface area contributed by atoms with Gasteiger partial charge >= 0.3 is 6.03 Å². The minimum Gasteiger partial charge on any atom is -0.467 e. The number of nitrogens with zero attached hydrogens (tertiary/aromatic N) is 1. The molecule has 0 unspecified atom stereocenters. The molecule has 2 aromatic carbocycles. The standard InChI is InChI=1S/C21H23FN2O4/c22-18-10-16(20-17(11-18)13-26-14-28-20)6-7-23-21(25)24-8-9-27-19(12-24)15-4-2-1-3-5-15/h1-5,10-11,19H,6-9,12-14H2,(H,23,25)/t19-/m1/s1. The molecule has 4 rings (SSSR count). The fourth-order valence-corrected chi connectivity index (χ4v) is 3.56. The third-order valence-electron chi connectivity index (χ3n) is 4.95. The smallest absolute Gasteiger partial charge is 0.317 e. The monoisotopic (exact) mass is 386 g/mol. The summed E-state index contributed by atoms with van der Waals surface area (Å²) >= 11 is 0. The third-order valence-corrected chi connectivity index (χ3v) is 4.95. The minimum absolute atomic E-state index is 0.121. The van der Waals surface area contributed by atoms with Crippen molar-refractivity contribution in [1.29, 1.82) is 0 Å². The van der Waals surface area contributed by atoms with Gasteiger partial charge in [0.05, 0.1) is 19.8 Å². The van der Waals surface area contributed by atoms with Crippen molar-refractivity contribution in [1.82, 2.24) is 10.2 Å². The van der Waals surface area contributed by atoms with E-state index in [2.05, 4.69) is 5.32 Å². The summed E-state index contributed by atoms with van der Waals surface area (Å²) in [4.78, 5) is 14.3. The van der Waals surface area contributed by atoms with Crippen molar-refractivity contribution in [3.8, 4) is 5.75 Å². The van der Waals surface area contributed by atoms with Gasteiger partial charge in [-0.2, -0.15) is 0 Å². The zero-order valence-corrected chi connectivity index (χ0v) is 15.5. The summed E-state index contributed by atoms with van der Waals surface area (Å²) in [5.41, 5.74) is 2.50. The number of morpholine rings is 1. The van der Waals surface area contributed by atoms with Gasteiger partial charge in [-0.05, 0) is 29.7 Å². The molecule has 2 aliphatic heterocycles. The molecule has 2 aromatic rings. The normalized spacial score (nSPS) is 18.9. The number of amides is 2. The second-order valence-electron chi connectivity index (χ2n) is 6.86. The Bertz CT molecular complexity index is 831. The number of fused-ring (bicyclic) bond motifs is 1. The maximum atomic E-state index is 13.8. The summed E-state index contributed by atoms with van der Waals surface area (Å²) in [7, 11) is 0. The summed E-state index contributed by atoms with van der Waals surface area (Å²) in [6, 6.07) is 12.6. The summed E-state index contributed by atoms with van der Waals surface area (Å²) in [5.74, 6) is 0.338. The Balaban J connectivity index is 1.33. The molecule has 148 valence electrons. The van der Waals surface area contributed by atoms with Crippen molar-refractivity contribution >= 4 is 6.03 Å². The van der Waals surface area contributed by atoms with E-state index in [-0.39, 0.29) is 24.7 Å². The molecule has 1 N–H and O–H groups in total. The predicted octanol–water partition coefficient (Wildman–Crippen LogP) is 3.02. The van der Waals surface area contributed by atoms with Crippen molar-refractivity contribution in [3.63, 3.8) is 0 Å². The highest BCUT2D eigenvalue weighted by atomic mass is 19.1. The third kappa shape index (κ3) is 4.26. The van der Waals surface area contributed by atoms with Gasteiger partial charge in [0.15, 0.2) is 6.79 Å². The lowest BCUT2D eigenvalue weighted by Crippen LogP contribution is -2.47. The van der Waals surface area contributed by atoms with Crippen molar-refractivity contribution in [2.45, 2.75) is 19.1 Å². The molecular formula is C21H23FN2O4. The molecule has 1 atom stereocenters. The SMILES string of the molecule is O=C(NCCc1cc(F)cc2c1OCOC2)N1CCO[C@@H](c2ccccc2)C1. The molecule has 1 fully saturated rings. The van der Waals surface area contributed by atoms with E-state index in [0.717, 1.165) is 11.1 Å². The number of urea groups is 1. The van der Waals surface area contributed by atoms with E-state index in [1.807, 2.05) is 30.3 Å². The Hall–Kier alpha value is -2.64. The number of ether oxygens (including phenoxy) is 3. The van der Waals surface area contributed by atoms with E-state index in [1.165, 1.54) is 12.1 Å². The van der Waals surface area contributed by atoms with Crippen molar-refractivity contribution in [3.05, 3.63) is 65.0 Å². The highest BCUT2D eigenvalue weighted by molar-refractivity contribution is 5.74. The average Bonchev–Trinajstić information content (AvgIpc) is 2.74. The molecule has 0 spiro atoms. The van der Waals surface area contributed by atoms with Crippen LogP contribution in [0.1, 0.15) is 22.8 Å². The van der Waals surface area contributed by atoms with Gasteiger partial charge in [0.1, 0.15) is 17.7 Å². The second kappa shape index (κ2) is 8.58. The molecule has 0 aliphatic carbocycles. The van der Waals surface area contributed by atoms with Gasteiger partial charge in [0, 0.05) is 18.7 Å². The van der Waals surface area contributed by atoms with E-state index in [4.69, 9.17) is 14.2 Å². The Morgan fingerprint density at radius 3 is 2.96 bits per heavy atom. The largest absolute Gasteiger partial charge is 0.467 e. The van der Waals surface area contributed by atoms with Crippen molar-refractivity contribution < 1.29 is 23.4 Å². The Kier molecular flexibility index (Phi) is 5.73. The van der Waals surface area contributed by atoms with Crippen LogP contribution >= 0.6 is 0 Å². The lowest BCUT2D eigenvalue weighted by molar-refractivity contribution is -0.0173. The number of nitrogens with one attached hydrogen (secondary N) is 1. The molecule has 2 heterocycles. The summed E-state index contributed by atoms with van der Waals surface area (Å²) in [6.45, 7) is 2.44. The van der Waals surface area contributed by atoms with Gasteiger partial charge in [0.25, 0.3) is 0 Å². The number of halogens is 1. The first-order chi connectivity index (χ1) is 13.7. The lowest BCUT2D eigenvalue weighted by atomic mass is 10.1. The first-order valence-corrected chi connectivity index (χ1v) is 9.42. The molecule has 0 bridgehead atoms. The van der Waals surface area contributed by atoms with Crippen molar-refractivity contribution in [2.75, 3.05) is 33.0 Å². The van der Waals surface area contributed by atoms with Crippen LogP contribution in [0.4, 0.5) is 9.18 Å². The molecule has 0 aromatic heterocycles. The maximum Gasteiger partial charge on any atom is 0.317 e. The lowest BCUT2D eigenvalue weighted by Gasteiger charge is -2.33. The number of hydrogen-bond donors (Lipinski definition) is 1. The molecule has 28 heavy (non-hydrogen) atoms. The molecule has 2 amide bonds. The van der Waals surface area contributed by atoms with Gasteiger partial charge in [-0.3, -0.25) is 0 Å². The summed E-state index contributed by atoms with van der Waals surface area (Å²) in [5, 5.41) is 2.92. The van der Waals surface area contributed by atoms with Crippen LogP contribution in [-0.4, -0.2) is 44.0 Å². The molecule has 1 saturated heterocycles. The summed E-state index contributed by atoms with van der Waals surface area (Å²) < 4.78 is 30.3. The van der Waals surface area contributed by atoms with Crippen LogP contribution in [0, 0.1) is 5.82 Å². The van der Waals surface area contributed by atoms with Gasteiger partial charge in [-0.15, -0.1) is 0 Å².